The van der Waals surface area contributed by atoms with E-state index in [0.717, 1.165) is 12.1 Å². The highest BCUT2D eigenvalue weighted by molar-refractivity contribution is 9.10. The number of halogens is 3. The largest absolute Gasteiger partial charge is 0.302 e. The SMILES string of the molecule is C[C@@H](NCC(=O)NNC(=O)c1ccccc1Br)c1ccc(F)c(F)c1. The summed E-state index contributed by atoms with van der Waals surface area (Å²) in [5, 5.41) is 2.86. The summed E-state index contributed by atoms with van der Waals surface area (Å²) in [4.78, 5) is 23.7. The lowest BCUT2D eigenvalue weighted by Crippen LogP contribution is -2.45. The minimum atomic E-state index is -0.948. The van der Waals surface area contributed by atoms with Crippen LogP contribution in [0.1, 0.15) is 28.9 Å². The molecule has 132 valence electrons. The summed E-state index contributed by atoms with van der Waals surface area (Å²) >= 11 is 3.25. The third kappa shape index (κ3) is 5.33. The van der Waals surface area contributed by atoms with E-state index in [9.17, 15) is 18.4 Å². The van der Waals surface area contributed by atoms with Gasteiger partial charge in [0, 0.05) is 10.5 Å². The second kappa shape index (κ2) is 8.68. The van der Waals surface area contributed by atoms with Crippen LogP contribution in [0.2, 0.25) is 0 Å². The standard InChI is InChI=1S/C17H16BrF2N3O2/c1-10(11-6-7-14(19)15(20)8-11)21-9-16(24)22-23-17(25)12-4-2-3-5-13(12)18/h2-8,10,21H,9H2,1H3,(H,22,24)(H,23,25)/t10-/m1/s1. The smallest absolute Gasteiger partial charge is 0.270 e. The number of rotatable bonds is 5. The summed E-state index contributed by atoms with van der Waals surface area (Å²) in [6, 6.07) is 9.94. The van der Waals surface area contributed by atoms with Crippen LogP contribution < -0.4 is 16.2 Å². The molecule has 1 atom stereocenters. The summed E-state index contributed by atoms with van der Waals surface area (Å²) in [7, 11) is 0. The molecular formula is C17H16BrF2N3O2. The quantitative estimate of drug-likeness (QED) is 0.662. The van der Waals surface area contributed by atoms with E-state index in [1.54, 1.807) is 31.2 Å². The van der Waals surface area contributed by atoms with Crippen LogP contribution in [0, 0.1) is 11.6 Å². The maximum atomic E-state index is 13.2. The van der Waals surface area contributed by atoms with Gasteiger partial charge in [0.05, 0.1) is 12.1 Å². The van der Waals surface area contributed by atoms with Gasteiger partial charge in [-0.05, 0) is 52.7 Å². The van der Waals surface area contributed by atoms with Crippen molar-refractivity contribution in [3.8, 4) is 0 Å². The molecule has 8 heteroatoms. The Morgan fingerprint density at radius 3 is 2.48 bits per heavy atom. The third-order valence-corrected chi connectivity index (χ3v) is 4.14. The lowest BCUT2D eigenvalue weighted by atomic mass is 10.1. The van der Waals surface area contributed by atoms with E-state index in [1.807, 2.05) is 0 Å². The molecule has 2 rings (SSSR count). The fourth-order valence-corrected chi connectivity index (χ4v) is 2.49. The van der Waals surface area contributed by atoms with Crippen molar-refractivity contribution in [3.63, 3.8) is 0 Å². The van der Waals surface area contributed by atoms with E-state index in [2.05, 4.69) is 32.1 Å². The van der Waals surface area contributed by atoms with Gasteiger partial charge in [0.25, 0.3) is 11.8 Å². The lowest BCUT2D eigenvalue weighted by Gasteiger charge is -2.15. The first-order chi connectivity index (χ1) is 11.9. The first kappa shape index (κ1) is 19.0. The van der Waals surface area contributed by atoms with Crippen molar-refractivity contribution in [2.24, 2.45) is 0 Å². The zero-order valence-corrected chi connectivity index (χ0v) is 14.9. The molecule has 2 aromatic rings. The Bertz CT molecular complexity index is 786. The van der Waals surface area contributed by atoms with Crippen LogP contribution in [0.5, 0.6) is 0 Å². The minimum absolute atomic E-state index is 0.115. The summed E-state index contributed by atoms with van der Waals surface area (Å²) in [5.74, 6) is -2.82. The van der Waals surface area contributed by atoms with Crippen LogP contribution in [0.25, 0.3) is 0 Å². The third-order valence-electron chi connectivity index (χ3n) is 3.45. The summed E-state index contributed by atoms with van der Waals surface area (Å²) in [6.07, 6.45) is 0. The minimum Gasteiger partial charge on any atom is -0.302 e. The van der Waals surface area contributed by atoms with Gasteiger partial charge in [-0.25, -0.2) is 8.78 Å². The first-order valence-electron chi connectivity index (χ1n) is 7.40. The molecule has 0 fully saturated rings. The van der Waals surface area contributed by atoms with E-state index >= 15 is 0 Å². The molecule has 0 aromatic heterocycles. The van der Waals surface area contributed by atoms with Crippen molar-refractivity contribution in [1.29, 1.82) is 0 Å². The average Bonchev–Trinajstić information content (AvgIpc) is 2.60. The first-order valence-corrected chi connectivity index (χ1v) is 8.20. The average molecular weight is 412 g/mol. The maximum absolute atomic E-state index is 13.2. The molecule has 0 aliphatic heterocycles. The van der Waals surface area contributed by atoms with Crippen LogP contribution in [-0.4, -0.2) is 18.4 Å². The Balaban J connectivity index is 1.81. The number of hydrazine groups is 1. The van der Waals surface area contributed by atoms with Gasteiger partial charge in [0.1, 0.15) is 0 Å². The zero-order valence-electron chi connectivity index (χ0n) is 13.3. The molecule has 25 heavy (non-hydrogen) atoms. The Morgan fingerprint density at radius 2 is 1.80 bits per heavy atom. The molecule has 0 unspecified atom stereocenters. The molecule has 0 heterocycles. The summed E-state index contributed by atoms with van der Waals surface area (Å²) in [6.45, 7) is 1.59. The van der Waals surface area contributed by atoms with Crippen molar-refractivity contribution >= 4 is 27.7 Å². The van der Waals surface area contributed by atoms with Gasteiger partial charge in [0.2, 0.25) is 0 Å². The Labute approximate surface area is 151 Å². The normalized spacial score (nSPS) is 11.7. The van der Waals surface area contributed by atoms with E-state index in [1.165, 1.54) is 6.07 Å². The molecule has 0 radical (unpaired) electrons. The van der Waals surface area contributed by atoms with Crippen molar-refractivity contribution in [1.82, 2.24) is 16.2 Å². The summed E-state index contributed by atoms with van der Waals surface area (Å²) < 4.78 is 26.7. The van der Waals surface area contributed by atoms with Crippen molar-refractivity contribution in [2.45, 2.75) is 13.0 Å². The number of hydrogen-bond donors (Lipinski definition) is 3. The molecule has 0 bridgehead atoms. The van der Waals surface area contributed by atoms with Crippen LogP contribution in [0.4, 0.5) is 8.78 Å². The van der Waals surface area contributed by atoms with E-state index < -0.39 is 23.4 Å². The maximum Gasteiger partial charge on any atom is 0.270 e. The fourth-order valence-electron chi connectivity index (χ4n) is 2.03. The van der Waals surface area contributed by atoms with Crippen LogP contribution >= 0.6 is 15.9 Å². The van der Waals surface area contributed by atoms with Gasteiger partial charge < -0.3 is 5.32 Å². The molecule has 0 spiro atoms. The van der Waals surface area contributed by atoms with E-state index in [4.69, 9.17) is 0 Å². The summed E-state index contributed by atoms with van der Waals surface area (Å²) in [5.41, 5.74) is 5.47. The molecular weight excluding hydrogens is 396 g/mol. The number of amides is 2. The highest BCUT2D eigenvalue weighted by atomic mass is 79.9. The Kier molecular flexibility index (Phi) is 6.60. The second-order valence-corrected chi connectivity index (χ2v) is 6.11. The van der Waals surface area contributed by atoms with Gasteiger partial charge in [-0.3, -0.25) is 20.4 Å². The highest BCUT2D eigenvalue weighted by Crippen LogP contribution is 2.16. The molecule has 5 nitrogen and oxygen atoms in total. The number of carbonyl (C=O) groups excluding carboxylic acids is 2. The molecule has 0 aliphatic carbocycles. The van der Waals surface area contributed by atoms with Gasteiger partial charge in [-0.2, -0.15) is 0 Å². The van der Waals surface area contributed by atoms with E-state index in [-0.39, 0.29) is 12.6 Å². The molecule has 0 aliphatic rings. The van der Waals surface area contributed by atoms with Crippen LogP contribution in [0.15, 0.2) is 46.9 Å². The number of benzene rings is 2. The van der Waals surface area contributed by atoms with Gasteiger partial charge in [-0.15, -0.1) is 0 Å². The topological polar surface area (TPSA) is 70.2 Å². The Hall–Kier alpha value is -2.32. The van der Waals surface area contributed by atoms with Gasteiger partial charge in [-0.1, -0.05) is 18.2 Å². The molecule has 0 saturated heterocycles. The number of carbonyl (C=O) groups is 2. The predicted molar refractivity (Wildman–Crippen MR) is 92.5 cm³/mol. The van der Waals surface area contributed by atoms with Crippen molar-refractivity contribution in [2.75, 3.05) is 6.54 Å². The van der Waals surface area contributed by atoms with Gasteiger partial charge in [0.15, 0.2) is 11.6 Å². The second-order valence-electron chi connectivity index (χ2n) is 5.26. The highest BCUT2D eigenvalue weighted by Gasteiger charge is 2.12. The zero-order chi connectivity index (χ0) is 18.4. The molecule has 2 amide bonds. The van der Waals surface area contributed by atoms with Crippen LogP contribution in [0.3, 0.4) is 0 Å². The Morgan fingerprint density at radius 1 is 1.08 bits per heavy atom. The number of nitrogens with one attached hydrogen (secondary N) is 3. The number of hydrogen-bond acceptors (Lipinski definition) is 3. The van der Waals surface area contributed by atoms with Gasteiger partial charge >= 0.3 is 0 Å². The van der Waals surface area contributed by atoms with E-state index in [0.29, 0.717) is 15.6 Å². The van der Waals surface area contributed by atoms with Crippen molar-refractivity contribution < 1.29 is 18.4 Å². The molecule has 2 aromatic carbocycles. The van der Waals surface area contributed by atoms with Crippen LogP contribution in [-0.2, 0) is 4.79 Å². The predicted octanol–water partition coefficient (Wildman–Crippen LogP) is 2.84. The van der Waals surface area contributed by atoms with Crippen molar-refractivity contribution in [3.05, 3.63) is 69.7 Å². The fraction of sp³-hybridized carbons (Fsp3) is 0.176. The monoisotopic (exact) mass is 411 g/mol. The lowest BCUT2D eigenvalue weighted by molar-refractivity contribution is -0.121. The molecule has 0 saturated carbocycles. The molecule has 3 N–H and O–H groups in total.